The second-order valence-electron chi connectivity index (χ2n) is 9.80. The van der Waals surface area contributed by atoms with Crippen LogP contribution in [0.15, 0.2) is 53.7 Å². The van der Waals surface area contributed by atoms with Gasteiger partial charge in [-0.05, 0) is 48.7 Å². The number of piperazine rings is 1. The normalized spacial score (nSPS) is 22.1. The minimum atomic E-state index is -0.319. The molecule has 0 spiro atoms. The molecule has 0 bridgehead atoms. The lowest BCUT2D eigenvalue weighted by Gasteiger charge is -2.49. The quantitative estimate of drug-likeness (QED) is 0.529. The van der Waals surface area contributed by atoms with Crippen molar-refractivity contribution in [3.8, 4) is 6.07 Å². The summed E-state index contributed by atoms with van der Waals surface area (Å²) in [5, 5.41) is 10.8. The standard InChI is InChI=1S/C28H27Cl2FN4O2/c29-23-10-7-19(15-24(23)30)27(36)34-13-11-33(12-14-34)26-21-3-1-2-4-25(21)35(28(37)22(26)16-32)17-18-5-8-20(31)9-6-18/h5-10,15,21,25H,1-4,11-14,17H2. The molecule has 2 heterocycles. The molecular weight excluding hydrogens is 514 g/mol. The molecule has 1 saturated carbocycles. The molecule has 5 rings (SSSR count). The predicted molar refractivity (Wildman–Crippen MR) is 139 cm³/mol. The number of halogens is 3. The number of carbonyl (C=O) groups is 2. The topological polar surface area (TPSA) is 67.7 Å². The molecule has 2 fully saturated rings. The summed E-state index contributed by atoms with van der Waals surface area (Å²) in [6.45, 7) is 2.40. The van der Waals surface area contributed by atoms with Gasteiger partial charge in [0.1, 0.15) is 17.5 Å². The van der Waals surface area contributed by atoms with Crippen LogP contribution in [0.2, 0.25) is 10.0 Å². The molecule has 0 radical (unpaired) electrons. The lowest BCUT2D eigenvalue weighted by molar-refractivity contribution is -0.133. The summed E-state index contributed by atoms with van der Waals surface area (Å²) in [4.78, 5) is 32.4. The number of hydrogen-bond donors (Lipinski definition) is 0. The molecule has 1 aliphatic carbocycles. The Morgan fingerprint density at radius 2 is 1.70 bits per heavy atom. The van der Waals surface area contributed by atoms with Gasteiger partial charge in [0.2, 0.25) is 0 Å². The molecule has 2 amide bonds. The zero-order chi connectivity index (χ0) is 26.1. The van der Waals surface area contributed by atoms with E-state index in [2.05, 4.69) is 11.0 Å². The minimum Gasteiger partial charge on any atom is -0.370 e. The first-order chi connectivity index (χ1) is 17.9. The highest BCUT2D eigenvalue weighted by atomic mass is 35.5. The van der Waals surface area contributed by atoms with E-state index in [4.69, 9.17) is 23.2 Å². The third-order valence-corrected chi connectivity index (χ3v) is 8.40. The molecule has 0 N–H and O–H groups in total. The number of rotatable bonds is 4. The zero-order valence-electron chi connectivity index (χ0n) is 20.3. The fourth-order valence-electron chi connectivity index (χ4n) is 5.83. The van der Waals surface area contributed by atoms with E-state index in [0.717, 1.165) is 36.9 Å². The Balaban J connectivity index is 1.37. The van der Waals surface area contributed by atoms with Crippen LogP contribution in [0.5, 0.6) is 0 Å². The summed E-state index contributed by atoms with van der Waals surface area (Å²) in [6, 6.07) is 13.2. The van der Waals surface area contributed by atoms with Crippen LogP contribution in [-0.2, 0) is 11.3 Å². The Kier molecular flexibility index (Phi) is 7.41. The van der Waals surface area contributed by atoms with Crippen molar-refractivity contribution >= 4 is 35.0 Å². The monoisotopic (exact) mass is 540 g/mol. The highest BCUT2D eigenvalue weighted by Gasteiger charge is 2.45. The molecule has 2 atom stereocenters. The van der Waals surface area contributed by atoms with E-state index >= 15 is 0 Å². The fraction of sp³-hybridized carbons (Fsp3) is 0.393. The summed E-state index contributed by atoms with van der Waals surface area (Å²) >= 11 is 12.1. The largest absolute Gasteiger partial charge is 0.370 e. The average molecular weight is 541 g/mol. The van der Waals surface area contributed by atoms with Gasteiger partial charge >= 0.3 is 0 Å². The van der Waals surface area contributed by atoms with Crippen LogP contribution in [-0.4, -0.2) is 58.7 Å². The molecule has 9 heteroatoms. The van der Waals surface area contributed by atoms with Gasteiger partial charge in [-0.3, -0.25) is 9.59 Å². The first kappa shape index (κ1) is 25.6. The van der Waals surface area contributed by atoms with Gasteiger partial charge in [0.25, 0.3) is 11.8 Å². The molecule has 3 aliphatic rings. The Morgan fingerprint density at radius 3 is 2.38 bits per heavy atom. The van der Waals surface area contributed by atoms with E-state index in [0.29, 0.717) is 48.3 Å². The molecule has 2 unspecified atom stereocenters. The van der Waals surface area contributed by atoms with Crippen molar-refractivity contribution in [1.82, 2.24) is 14.7 Å². The van der Waals surface area contributed by atoms with Crippen molar-refractivity contribution in [2.45, 2.75) is 38.3 Å². The Hall–Kier alpha value is -3.08. The summed E-state index contributed by atoms with van der Waals surface area (Å²) in [5.41, 5.74) is 2.34. The van der Waals surface area contributed by atoms with Crippen molar-refractivity contribution in [1.29, 1.82) is 5.26 Å². The molecule has 2 aromatic carbocycles. The third-order valence-electron chi connectivity index (χ3n) is 7.66. The summed E-state index contributed by atoms with van der Waals surface area (Å²) in [7, 11) is 0. The number of amides is 2. The van der Waals surface area contributed by atoms with Crippen LogP contribution in [0.4, 0.5) is 4.39 Å². The van der Waals surface area contributed by atoms with Crippen molar-refractivity contribution < 1.29 is 14.0 Å². The smallest absolute Gasteiger partial charge is 0.266 e. The second-order valence-corrected chi connectivity index (χ2v) is 10.6. The SMILES string of the molecule is N#CC1=C(N2CCN(C(=O)c3ccc(Cl)c(Cl)c3)CC2)C2CCCCC2N(Cc2ccc(F)cc2)C1=O. The first-order valence-corrected chi connectivity index (χ1v) is 13.3. The number of benzene rings is 2. The molecule has 1 saturated heterocycles. The van der Waals surface area contributed by atoms with Crippen LogP contribution < -0.4 is 0 Å². The van der Waals surface area contributed by atoms with Gasteiger partial charge in [0, 0.05) is 55.9 Å². The van der Waals surface area contributed by atoms with Gasteiger partial charge in [0.15, 0.2) is 0 Å². The van der Waals surface area contributed by atoms with Gasteiger partial charge in [-0.25, -0.2) is 4.39 Å². The first-order valence-electron chi connectivity index (χ1n) is 12.6. The maximum atomic E-state index is 13.6. The zero-order valence-corrected chi connectivity index (χ0v) is 21.8. The van der Waals surface area contributed by atoms with E-state index in [1.807, 2.05) is 4.90 Å². The molecular formula is C28H27Cl2FN4O2. The van der Waals surface area contributed by atoms with Crippen molar-refractivity contribution in [3.63, 3.8) is 0 Å². The number of nitrogens with zero attached hydrogens (tertiary/aromatic N) is 4. The fourth-order valence-corrected chi connectivity index (χ4v) is 6.13. The van der Waals surface area contributed by atoms with Crippen LogP contribution in [0, 0.1) is 23.1 Å². The number of hydrogen-bond acceptors (Lipinski definition) is 4. The predicted octanol–water partition coefficient (Wildman–Crippen LogP) is 5.27. The maximum absolute atomic E-state index is 13.6. The van der Waals surface area contributed by atoms with Crippen LogP contribution in [0.1, 0.15) is 41.6 Å². The van der Waals surface area contributed by atoms with Crippen molar-refractivity contribution in [2.24, 2.45) is 5.92 Å². The molecule has 6 nitrogen and oxygen atoms in total. The van der Waals surface area contributed by atoms with Gasteiger partial charge in [-0.15, -0.1) is 0 Å². The van der Waals surface area contributed by atoms with E-state index in [9.17, 15) is 19.2 Å². The summed E-state index contributed by atoms with van der Waals surface area (Å²) < 4.78 is 13.4. The molecule has 2 aliphatic heterocycles. The Labute approximate surface area is 225 Å². The number of fused-ring (bicyclic) bond motifs is 1. The van der Waals surface area contributed by atoms with Crippen LogP contribution >= 0.6 is 23.2 Å². The highest BCUT2D eigenvalue weighted by Crippen LogP contribution is 2.41. The molecule has 2 aromatic rings. The number of nitriles is 1. The lowest BCUT2D eigenvalue weighted by Crippen LogP contribution is -2.56. The van der Waals surface area contributed by atoms with E-state index in [1.165, 1.54) is 12.1 Å². The minimum absolute atomic E-state index is 0.00530. The van der Waals surface area contributed by atoms with Crippen LogP contribution in [0.25, 0.3) is 0 Å². The van der Waals surface area contributed by atoms with E-state index < -0.39 is 0 Å². The van der Waals surface area contributed by atoms with Gasteiger partial charge in [-0.1, -0.05) is 48.2 Å². The average Bonchev–Trinajstić information content (AvgIpc) is 2.92. The lowest BCUT2D eigenvalue weighted by atomic mass is 9.76. The molecule has 37 heavy (non-hydrogen) atoms. The van der Waals surface area contributed by atoms with E-state index in [-0.39, 0.29) is 35.2 Å². The van der Waals surface area contributed by atoms with Crippen LogP contribution in [0.3, 0.4) is 0 Å². The number of carbonyl (C=O) groups excluding carboxylic acids is 2. The third kappa shape index (κ3) is 5.05. The summed E-state index contributed by atoms with van der Waals surface area (Å²) in [5.74, 6) is -0.632. The highest BCUT2D eigenvalue weighted by molar-refractivity contribution is 6.42. The molecule has 192 valence electrons. The Morgan fingerprint density at radius 1 is 1.00 bits per heavy atom. The second kappa shape index (κ2) is 10.7. The van der Waals surface area contributed by atoms with Gasteiger partial charge < -0.3 is 14.7 Å². The van der Waals surface area contributed by atoms with Gasteiger partial charge in [-0.2, -0.15) is 5.26 Å². The van der Waals surface area contributed by atoms with Crippen molar-refractivity contribution in [3.05, 3.63) is 80.7 Å². The summed E-state index contributed by atoms with van der Waals surface area (Å²) in [6.07, 6.45) is 3.84. The molecule has 0 aromatic heterocycles. The van der Waals surface area contributed by atoms with Gasteiger partial charge in [0.05, 0.1) is 10.0 Å². The maximum Gasteiger partial charge on any atom is 0.266 e. The van der Waals surface area contributed by atoms with E-state index in [1.54, 1.807) is 35.2 Å². The Bertz CT molecular complexity index is 1280. The van der Waals surface area contributed by atoms with Crippen molar-refractivity contribution in [2.75, 3.05) is 26.2 Å².